The summed E-state index contributed by atoms with van der Waals surface area (Å²) in [7, 11) is 0. The van der Waals surface area contributed by atoms with E-state index in [-0.39, 0.29) is 6.10 Å². The number of aryl methyl sites for hydroxylation is 2. The van der Waals surface area contributed by atoms with Gasteiger partial charge in [0.1, 0.15) is 0 Å². The van der Waals surface area contributed by atoms with E-state index in [1.165, 1.54) is 10.5 Å². The van der Waals surface area contributed by atoms with Crippen LogP contribution in [-0.2, 0) is 6.42 Å². The van der Waals surface area contributed by atoms with Crippen LogP contribution in [0.2, 0.25) is 0 Å². The highest BCUT2D eigenvalue weighted by Crippen LogP contribution is 2.23. The molecule has 0 aliphatic rings. The Morgan fingerprint density at radius 3 is 2.78 bits per heavy atom. The van der Waals surface area contributed by atoms with Crippen molar-refractivity contribution in [1.82, 2.24) is 4.98 Å². The molecule has 4 heteroatoms. The van der Waals surface area contributed by atoms with Crippen LogP contribution in [0.15, 0.2) is 34.5 Å². The Labute approximate surface area is 116 Å². The van der Waals surface area contributed by atoms with Crippen molar-refractivity contribution >= 4 is 23.1 Å². The van der Waals surface area contributed by atoms with Gasteiger partial charge in [0.05, 0.1) is 11.1 Å². The third-order valence-electron chi connectivity index (χ3n) is 2.60. The molecule has 0 radical (unpaired) electrons. The molecule has 18 heavy (non-hydrogen) atoms. The van der Waals surface area contributed by atoms with Gasteiger partial charge in [-0.3, -0.25) is 0 Å². The van der Waals surface area contributed by atoms with Crippen molar-refractivity contribution in [1.29, 1.82) is 0 Å². The van der Waals surface area contributed by atoms with Crippen LogP contribution < -0.4 is 0 Å². The van der Waals surface area contributed by atoms with Gasteiger partial charge in [-0.2, -0.15) is 0 Å². The molecular weight excluding hydrogens is 262 g/mol. The van der Waals surface area contributed by atoms with Crippen molar-refractivity contribution in [3.8, 4) is 0 Å². The zero-order valence-electron chi connectivity index (χ0n) is 10.6. The van der Waals surface area contributed by atoms with E-state index in [0.29, 0.717) is 12.2 Å². The Hall–Kier alpha value is -0.840. The Balaban J connectivity index is 1.85. The zero-order valence-corrected chi connectivity index (χ0v) is 12.2. The molecule has 2 nitrogen and oxygen atoms in total. The first kappa shape index (κ1) is 13.6. The van der Waals surface area contributed by atoms with Crippen LogP contribution in [0.25, 0.3) is 0 Å². The van der Waals surface area contributed by atoms with Crippen LogP contribution in [-0.4, -0.2) is 21.9 Å². The minimum absolute atomic E-state index is 0.333. The SMILES string of the molecule is Cc1csc(CC(O)CSc2ccccc2C)n1. The van der Waals surface area contributed by atoms with Crippen molar-refractivity contribution in [2.75, 3.05) is 5.75 Å². The number of rotatable bonds is 5. The normalized spacial score (nSPS) is 12.6. The molecule has 1 heterocycles. The summed E-state index contributed by atoms with van der Waals surface area (Å²) < 4.78 is 0. The second-order valence-electron chi connectivity index (χ2n) is 4.32. The summed E-state index contributed by atoms with van der Waals surface area (Å²) in [6, 6.07) is 8.26. The molecule has 0 fully saturated rings. The maximum atomic E-state index is 10.0. The molecule has 0 spiro atoms. The largest absolute Gasteiger partial charge is 0.392 e. The molecule has 0 saturated heterocycles. The highest BCUT2D eigenvalue weighted by atomic mass is 32.2. The van der Waals surface area contributed by atoms with Crippen LogP contribution in [0.5, 0.6) is 0 Å². The summed E-state index contributed by atoms with van der Waals surface area (Å²) in [6.45, 7) is 4.08. The Bertz CT molecular complexity index is 510. The number of aromatic nitrogens is 1. The van der Waals surface area contributed by atoms with Crippen molar-refractivity contribution < 1.29 is 5.11 Å². The fourth-order valence-electron chi connectivity index (χ4n) is 1.66. The molecular formula is C14H17NOS2. The molecule has 1 aromatic heterocycles. The van der Waals surface area contributed by atoms with Gasteiger partial charge in [-0.05, 0) is 25.5 Å². The van der Waals surface area contributed by atoms with Crippen molar-refractivity contribution in [3.63, 3.8) is 0 Å². The first-order chi connectivity index (χ1) is 8.65. The molecule has 0 saturated carbocycles. The number of hydrogen-bond donors (Lipinski definition) is 1. The maximum absolute atomic E-state index is 10.0. The summed E-state index contributed by atoms with van der Waals surface area (Å²) in [6.07, 6.45) is 0.317. The van der Waals surface area contributed by atoms with E-state index >= 15 is 0 Å². The van der Waals surface area contributed by atoms with E-state index in [9.17, 15) is 5.11 Å². The second-order valence-corrected chi connectivity index (χ2v) is 6.32. The van der Waals surface area contributed by atoms with Gasteiger partial charge in [-0.1, -0.05) is 18.2 Å². The molecule has 1 atom stereocenters. The van der Waals surface area contributed by atoms with Crippen LogP contribution >= 0.6 is 23.1 Å². The third kappa shape index (κ3) is 3.83. The smallest absolute Gasteiger partial charge is 0.0954 e. The van der Waals surface area contributed by atoms with Gasteiger partial charge in [0.25, 0.3) is 0 Å². The molecule has 96 valence electrons. The highest BCUT2D eigenvalue weighted by Gasteiger charge is 2.09. The third-order valence-corrected chi connectivity index (χ3v) is 4.91. The van der Waals surface area contributed by atoms with Gasteiger partial charge in [0.15, 0.2) is 0 Å². The van der Waals surface area contributed by atoms with Crippen molar-refractivity contribution in [3.05, 3.63) is 45.9 Å². The summed E-state index contributed by atoms with van der Waals surface area (Å²) in [5.74, 6) is 0.712. The highest BCUT2D eigenvalue weighted by molar-refractivity contribution is 7.99. The molecule has 2 aromatic rings. The fraction of sp³-hybridized carbons (Fsp3) is 0.357. The fourth-order valence-corrected chi connectivity index (χ4v) is 3.47. The van der Waals surface area contributed by atoms with Gasteiger partial charge in [0.2, 0.25) is 0 Å². The van der Waals surface area contributed by atoms with Crippen molar-refractivity contribution in [2.45, 2.75) is 31.3 Å². The molecule has 0 amide bonds. The standard InChI is InChI=1S/C14H17NOS2/c1-10-5-3-4-6-13(10)17-9-12(16)7-14-15-11(2)8-18-14/h3-6,8,12,16H,7,9H2,1-2H3. The van der Waals surface area contributed by atoms with Crippen LogP contribution in [0.1, 0.15) is 16.3 Å². The van der Waals surface area contributed by atoms with Gasteiger partial charge >= 0.3 is 0 Å². The summed E-state index contributed by atoms with van der Waals surface area (Å²) in [5.41, 5.74) is 2.30. The van der Waals surface area contributed by atoms with Crippen LogP contribution in [0, 0.1) is 13.8 Å². The lowest BCUT2D eigenvalue weighted by Gasteiger charge is -2.09. The van der Waals surface area contributed by atoms with Crippen molar-refractivity contribution in [2.24, 2.45) is 0 Å². The summed E-state index contributed by atoms with van der Waals surface area (Å²) >= 11 is 3.33. The monoisotopic (exact) mass is 279 g/mol. The second kappa shape index (κ2) is 6.36. The molecule has 1 aromatic carbocycles. The number of aliphatic hydroxyl groups excluding tert-OH is 1. The van der Waals surface area contributed by atoms with Gasteiger partial charge < -0.3 is 5.11 Å². The number of nitrogens with zero attached hydrogens (tertiary/aromatic N) is 1. The lowest BCUT2D eigenvalue weighted by Crippen LogP contribution is -2.13. The molecule has 0 aliphatic carbocycles. The van der Waals surface area contributed by atoms with Gasteiger partial charge in [-0.25, -0.2) is 4.98 Å². The predicted molar refractivity (Wildman–Crippen MR) is 78.5 cm³/mol. The number of hydrogen-bond acceptors (Lipinski definition) is 4. The topological polar surface area (TPSA) is 33.1 Å². The van der Waals surface area contributed by atoms with Crippen LogP contribution in [0.3, 0.4) is 0 Å². The Morgan fingerprint density at radius 2 is 2.11 bits per heavy atom. The average Bonchev–Trinajstić information content (AvgIpc) is 2.74. The Kier molecular flexibility index (Phi) is 4.80. The Morgan fingerprint density at radius 1 is 1.33 bits per heavy atom. The van der Waals surface area contributed by atoms with Gasteiger partial charge in [-0.15, -0.1) is 23.1 Å². The van der Waals surface area contributed by atoms with Gasteiger partial charge in [0, 0.05) is 28.1 Å². The minimum Gasteiger partial charge on any atom is -0.392 e. The average molecular weight is 279 g/mol. The molecule has 0 bridgehead atoms. The number of benzene rings is 1. The van der Waals surface area contributed by atoms with E-state index in [2.05, 4.69) is 24.0 Å². The molecule has 1 unspecified atom stereocenters. The zero-order chi connectivity index (χ0) is 13.0. The van der Waals surface area contributed by atoms with E-state index in [0.717, 1.165) is 10.7 Å². The number of aliphatic hydroxyl groups is 1. The maximum Gasteiger partial charge on any atom is 0.0954 e. The van der Waals surface area contributed by atoms with E-state index in [4.69, 9.17) is 0 Å². The predicted octanol–water partition coefficient (Wildman–Crippen LogP) is 3.46. The summed E-state index contributed by atoms with van der Waals surface area (Å²) in [4.78, 5) is 5.61. The summed E-state index contributed by atoms with van der Waals surface area (Å²) in [5, 5.41) is 13.1. The first-order valence-electron chi connectivity index (χ1n) is 5.92. The van der Waals surface area contributed by atoms with E-state index in [1.54, 1.807) is 23.1 Å². The first-order valence-corrected chi connectivity index (χ1v) is 7.79. The number of thioether (sulfide) groups is 1. The van der Waals surface area contributed by atoms with Crippen LogP contribution in [0.4, 0.5) is 0 Å². The lowest BCUT2D eigenvalue weighted by atomic mass is 10.2. The molecule has 0 aliphatic heterocycles. The van der Waals surface area contributed by atoms with E-state index < -0.39 is 0 Å². The molecule has 2 rings (SSSR count). The number of thiazole rings is 1. The van der Waals surface area contributed by atoms with E-state index in [1.807, 2.05) is 24.4 Å². The lowest BCUT2D eigenvalue weighted by molar-refractivity contribution is 0.200. The minimum atomic E-state index is -0.333. The quantitative estimate of drug-likeness (QED) is 0.851. The molecule has 1 N–H and O–H groups in total.